The third kappa shape index (κ3) is 3.78. The van der Waals surface area contributed by atoms with E-state index in [0.29, 0.717) is 13.0 Å². The first-order chi connectivity index (χ1) is 8.88. The van der Waals surface area contributed by atoms with E-state index in [1.54, 1.807) is 0 Å². The maximum absolute atomic E-state index is 11.4. The van der Waals surface area contributed by atoms with Gasteiger partial charge in [-0.3, -0.25) is 4.90 Å². The standard InChI is InChI=1S/C13H19BrN2O2S/c1-10-4-2-5-11(13(10)14)8-16-7-3-6-12(9-16)19(15,17)18/h2,4-5,12H,3,6-9H2,1H3,(H2,15,17,18). The van der Waals surface area contributed by atoms with E-state index in [1.165, 1.54) is 11.1 Å². The largest absolute Gasteiger partial charge is 0.298 e. The fourth-order valence-corrected chi connectivity index (χ4v) is 3.80. The van der Waals surface area contributed by atoms with Crippen molar-refractivity contribution in [3.05, 3.63) is 33.8 Å². The van der Waals surface area contributed by atoms with Crippen LogP contribution in [0.15, 0.2) is 22.7 Å². The van der Waals surface area contributed by atoms with Gasteiger partial charge in [-0.25, -0.2) is 13.6 Å². The topological polar surface area (TPSA) is 63.4 Å². The highest BCUT2D eigenvalue weighted by Crippen LogP contribution is 2.24. The maximum Gasteiger partial charge on any atom is 0.213 e. The van der Waals surface area contributed by atoms with Gasteiger partial charge in [-0.2, -0.15) is 0 Å². The summed E-state index contributed by atoms with van der Waals surface area (Å²) in [6.45, 7) is 4.26. The normalized spacial score (nSPS) is 21.5. The van der Waals surface area contributed by atoms with E-state index in [2.05, 4.69) is 39.9 Å². The van der Waals surface area contributed by atoms with Gasteiger partial charge in [0.05, 0.1) is 5.25 Å². The number of nitrogens with zero attached hydrogens (tertiary/aromatic N) is 1. The first-order valence-electron chi connectivity index (χ1n) is 6.36. The molecule has 106 valence electrons. The lowest BCUT2D eigenvalue weighted by Crippen LogP contribution is -2.44. The molecule has 1 atom stereocenters. The quantitative estimate of drug-likeness (QED) is 0.910. The van der Waals surface area contributed by atoms with Gasteiger partial charge in [0.15, 0.2) is 0 Å². The number of benzene rings is 1. The summed E-state index contributed by atoms with van der Waals surface area (Å²) in [4.78, 5) is 2.16. The Morgan fingerprint density at radius 3 is 2.89 bits per heavy atom. The Bertz CT molecular complexity index is 560. The molecular formula is C13H19BrN2O2S. The summed E-state index contributed by atoms with van der Waals surface area (Å²) in [6.07, 6.45) is 1.55. The Morgan fingerprint density at radius 1 is 1.47 bits per heavy atom. The number of sulfonamides is 1. The summed E-state index contributed by atoms with van der Waals surface area (Å²) >= 11 is 3.59. The maximum atomic E-state index is 11.4. The summed E-state index contributed by atoms with van der Waals surface area (Å²) in [5.74, 6) is 0. The summed E-state index contributed by atoms with van der Waals surface area (Å²) in [7, 11) is -3.42. The van der Waals surface area contributed by atoms with Gasteiger partial charge in [0, 0.05) is 17.6 Å². The van der Waals surface area contributed by atoms with Crippen LogP contribution in [0.25, 0.3) is 0 Å². The van der Waals surface area contributed by atoms with Crippen molar-refractivity contribution in [3.8, 4) is 0 Å². The van der Waals surface area contributed by atoms with Crippen LogP contribution in [0.1, 0.15) is 24.0 Å². The number of hydrogen-bond donors (Lipinski definition) is 1. The van der Waals surface area contributed by atoms with E-state index in [-0.39, 0.29) is 0 Å². The predicted octanol–water partition coefficient (Wildman–Crippen LogP) is 2.01. The number of hydrogen-bond acceptors (Lipinski definition) is 3. The van der Waals surface area contributed by atoms with Crippen molar-refractivity contribution in [1.29, 1.82) is 0 Å². The van der Waals surface area contributed by atoms with E-state index in [9.17, 15) is 8.42 Å². The fraction of sp³-hybridized carbons (Fsp3) is 0.538. The molecule has 19 heavy (non-hydrogen) atoms. The van der Waals surface area contributed by atoms with Gasteiger partial charge in [0.1, 0.15) is 0 Å². The van der Waals surface area contributed by atoms with Crippen molar-refractivity contribution < 1.29 is 8.42 Å². The highest BCUT2D eigenvalue weighted by molar-refractivity contribution is 9.10. The molecule has 1 heterocycles. The van der Waals surface area contributed by atoms with Crippen LogP contribution in [0.4, 0.5) is 0 Å². The molecule has 0 bridgehead atoms. The zero-order valence-electron chi connectivity index (χ0n) is 11.0. The zero-order chi connectivity index (χ0) is 14.0. The van der Waals surface area contributed by atoms with Gasteiger partial charge in [0.2, 0.25) is 10.0 Å². The van der Waals surface area contributed by atoms with Crippen molar-refractivity contribution in [2.24, 2.45) is 5.14 Å². The third-order valence-electron chi connectivity index (χ3n) is 3.59. The highest BCUT2D eigenvalue weighted by atomic mass is 79.9. The molecule has 4 nitrogen and oxygen atoms in total. The van der Waals surface area contributed by atoms with Crippen LogP contribution >= 0.6 is 15.9 Å². The highest BCUT2D eigenvalue weighted by Gasteiger charge is 2.28. The number of rotatable bonds is 3. The van der Waals surface area contributed by atoms with Crippen LogP contribution in [0.3, 0.4) is 0 Å². The van der Waals surface area contributed by atoms with Crippen molar-refractivity contribution in [3.63, 3.8) is 0 Å². The van der Waals surface area contributed by atoms with Crippen LogP contribution in [0.2, 0.25) is 0 Å². The predicted molar refractivity (Wildman–Crippen MR) is 80.3 cm³/mol. The van der Waals surface area contributed by atoms with Crippen molar-refractivity contribution in [2.45, 2.75) is 31.6 Å². The second kappa shape index (κ2) is 5.91. The first-order valence-corrected chi connectivity index (χ1v) is 8.76. The van der Waals surface area contributed by atoms with Crippen molar-refractivity contribution in [1.82, 2.24) is 4.90 Å². The molecule has 0 amide bonds. The molecule has 1 saturated heterocycles. The van der Waals surface area contributed by atoms with Gasteiger partial charge in [-0.05, 0) is 37.4 Å². The third-order valence-corrected chi connectivity index (χ3v) is 6.04. The average molecular weight is 347 g/mol. The molecule has 0 aromatic heterocycles. The molecule has 6 heteroatoms. The molecule has 2 N–H and O–H groups in total. The molecule has 0 radical (unpaired) electrons. The molecule has 1 aliphatic rings. The Balaban J connectivity index is 2.09. The van der Waals surface area contributed by atoms with Gasteiger partial charge in [-0.1, -0.05) is 34.1 Å². The zero-order valence-corrected chi connectivity index (χ0v) is 13.4. The first kappa shape index (κ1) is 15.0. The minimum Gasteiger partial charge on any atom is -0.298 e. The minimum absolute atomic E-state index is 0.426. The smallest absolute Gasteiger partial charge is 0.213 e. The number of nitrogens with two attached hydrogens (primary N) is 1. The second-order valence-corrected chi connectivity index (χ2v) is 7.77. The monoisotopic (exact) mass is 346 g/mol. The molecule has 1 aliphatic heterocycles. The fourth-order valence-electron chi connectivity index (χ4n) is 2.50. The Hall–Kier alpha value is -0.430. The van der Waals surface area contributed by atoms with E-state index in [4.69, 9.17) is 5.14 Å². The van der Waals surface area contributed by atoms with E-state index >= 15 is 0 Å². The van der Waals surface area contributed by atoms with Gasteiger partial charge in [-0.15, -0.1) is 0 Å². The molecule has 0 spiro atoms. The van der Waals surface area contributed by atoms with Crippen LogP contribution in [-0.4, -0.2) is 31.7 Å². The summed E-state index contributed by atoms with van der Waals surface area (Å²) in [5, 5.41) is 4.83. The lowest BCUT2D eigenvalue weighted by molar-refractivity contribution is 0.222. The molecule has 1 aromatic rings. The van der Waals surface area contributed by atoms with Crippen LogP contribution < -0.4 is 5.14 Å². The van der Waals surface area contributed by atoms with Gasteiger partial charge in [0.25, 0.3) is 0 Å². The summed E-state index contributed by atoms with van der Waals surface area (Å²) in [5.41, 5.74) is 2.38. The van der Waals surface area contributed by atoms with Crippen molar-refractivity contribution >= 4 is 26.0 Å². The summed E-state index contributed by atoms with van der Waals surface area (Å²) in [6, 6.07) is 6.14. The molecule has 0 saturated carbocycles. The lowest BCUT2D eigenvalue weighted by Gasteiger charge is -2.31. The van der Waals surface area contributed by atoms with Crippen LogP contribution in [0, 0.1) is 6.92 Å². The molecule has 0 aliphatic carbocycles. The average Bonchev–Trinajstić information content (AvgIpc) is 2.34. The molecule has 1 aromatic carbocycles. The van der Waals surface area contributed by atoms with Crippen LogP contribution in [0.5, 0.6) is 0 Å². The van der Waals surface area contributed by atoms with E-state index in [0.717, 1.165) is 24.0 Å². The number of piperidine rings is 1. The van der Waals surface area contributed by atoms with Gasteiger partial charge >= 0.3 is 0 Å². The molecular weight excluding hydrogens is 328 g/mol. The minimum atomic E-state index is -3.42. The lowest BCUT2D eigenvalue weighted by atomic mass is 10.1. The van der Waals surface area contributed by atoms with Gasteiger partial charge < -0.3 is 0 Å². The summed E-state index contributed by atoms with van der Waals surface area (Å²) < 4.78 is 24.0. The van der Waals surface area contributed by atoms with Crippen molar-refractivity contribution in [2.75, 3.05) is 13.1 Å². The van der Waals surface area contributed by atoms with E-state index < -0.39 is 15.3 Å². The number of primary sulfonamides is 1. The SMILES string of the molecule is Cc1cccc(CN2CCCC(S(N)(=O)=O)C2)c1Br. The second-order valence-electron chi connectivity index (χ2n) is 5.14. The molecule has 1 fully saturated rings. The molecule has 2 rings (SSSR count). The van der Waals surface area contributed by atoms with Crippen LogP contribution in [-0.2, 0) is 16.6 Å². The number of halogens is 1. The Morgan fingerprint density at radius 2 is 2.21 bits per heavy atom. The van der Waals surface area contributed by atoms with E-state index in [1.807, 2.05) is 6.07 Å². The number of aryl methyl sites for hydroxylation is 1. The Labute approximate surface area is 123 Å². The molecule has 1 unspecified atom stereocenters. The number of likely N-dealkylation sites (tertiary alicyclic amines) is 1. The Kier molecular flexibility index (Phi) is 4.66.